The van der Waals surface area contributed by atoms with Crippen LogP contribution in [0, 0.1) is 5.92 Å². The lowest BCUT2D eigenvalue weighted by Gasteiger charge is -2.31. The number of aromatic nitrogens is 2. The van der Waals surface area contributed by atoms with E-state index in [-0.39, 0.29) is 18.2 Å². The molecule has 0 spiro atoms. The van der Waals surface area contributed by atoms with Crippen LogP contribution in [0.2, 0.25) is 15.1 Å². The minimum Gasteiger partial charge on any atom is -0.480 e. The summed E-state index contributed by atoms with van der Waals surface area (Å²) in [7, 11) is 0. The molecule has 3 aromatic rings. The Morgan fingerprint density at radius 3 is 2.59 bits per heavy atom. The Bertz CT molecular complexity index is 1450. The first-order valence-electron chi connectivity index (χ1n) is 12.9. The van der Waals surface area contributed by atoms with Crippen molar-refractivity contribution in [3.63, 3.8) is 0 Å². The number of carbonyl (C=O) groups excluding carboxylic acids is 2. The van der Waals surface area contributed by atoms with Crippen molar-refractivity contribution in [2.75, 3.05) is 19.3 Å². The van der Waals surface area contributed by atoms with Gasteiger partial charge in [-0.05, 0) is 54.5 Å². The molecule has 1 aliphatic rings. The van der Waals surface area contributed by atoms with Crippen LogP contribution in [-0.4, -0.2) is 62.7 Å². The maximum atomic E-state index is 12.9. The number of likely N-dealkylation sites (tertiary alicyclic amines) is 1. The Morgan fingerprint density at radius 2 is 1.90 bits per heavy atom. The fourth-order valence-corrected chi connectivity index (χ4v) is 5.99. The van der Waals surface area contributed by atoms with E-state index in [4.69, 9.17) is 34.8 Å². The Kier molecular flexibility index (Phi) is 10.8. The van der Waals surface area contributed by atoms with Gasteiger partial charge in [0, 0.05) is 54.2 Å². The van der Waals surface area contributed by atoms with Crippen LogP contribution in [0.3, 0.4) is 0 Å². The van der Waals surface area contributed by atoms with E-state index in [0.29, 0.717) is 58.8 Å². The number of amides is 2. The molecule has 8 nitrogen and oxygen atoms in total. The molecule has 1 fully saturated rings. The predicted octanol–water partition coefficient (Wildman–Crippen LogP) is 5.68. The minimum atomic E-state index is -1.13. The lowest BCUT2D eigenvalue weighted by molar-refractivity contribution is -0.142. The van der Waals surface area contributed by atoms with Gasteiger partial charge in [-0.15, -0.1) is 11.8 Å². The zero-order valence-corrected chi connectivity index (χ0v) is 25.3. The highest BCUT2D eigenvalue weighted by molar-refractivity contribution is 7.98. The van der Waals surface area contributed by atoms with Gasteiger partial charge in [0.2, 0.25) is 11.8 Å². The minimum absolute atomic E-state index is 0.0518. The molecule has 2 N–H and O–H groups in total. The van der Waals surface area contributed by atoms with Crippen LogP contribution < -0.4 is 5.32 Å². The van der Waals surface area contributed by atoms with Crippen molar-refractivity contribution in [3.8, 4) is 0 Å². The number of halogens is 3. The summed E-state index contributed by atoms with van der Waals surface area (Å²) >= 11 is 20.2. The van der Waals surface area contributed by atoms with E-state index in [0.717, 1.165) is 10.5 Å². The normalized spacial score (nSPS) is 14.8. The molecule has 0 aliphatic carbocycles. The van der Waals surface area contributed by atoms with E-state index in [9.17, 15) is 19.5 Å². The Balaban J connectivity index is 1.28. The molecule has 2 aromatic carbocycles. The fourth-order valence-electron chi connectivity index (χ4n) is 4.60. The lowest BCUT2D eigenvalue weighted by Crippen LogP contribution is -2.48. The molecule has 4 rings (SSSR count). The highest BCUT2D eigenvalue weighted by atomic mass is 35.5. The molecule has 2 amide bonds. The summed E-state index contributed by atoms with van der Waals surface area (Å²) in [6, 6.07) is 10.00. The van der Waals surface area contributed by atoms with Crippen LogP contribution >= 0.6 is 46.6 Å². The number of carbonyl (C=O) groups is 3. The van der Waals surface area contributed by atoms with Crippen LogP contribution in [0.5, 0.6) is 0 Å². The van der Waals surface area contributed by atoms with Crippen LogP contribution in [-0.2, 0) is 27.3 Å². The molecule has 1 saturated heterocycles. The second-order valence-corrected chi connectivity index (χ2v) is 11.7. The van der Waals surface area contributed by atoms with Gasteiger partial charge in [0.05, 0.1) is 22.1 Å². The maximum Gasteiger partial charge on any atom is 0.326 e. The van der Waals surface area contributed by atoms with Gasteiger partial charge in [-0.1, -0.05) is 53.0 Å². The highest BCUT2D eigenvalue weighted by Crippen LogP contribution is 2.35. The molecule has 0 unspecified atom stereocenters. The third-order valence-electron chi connectivity index (χ3n) is 6.85. The lowest BCUT2D eigenvalue weighted by atomic mass is 9.95. The molecule has 1 aromatic heterocycles. The first-order chi connectivity index (χ1) is 19.6. The number of carboxylic acid groups (broad SMARTS) is 1. The topological polar surface area (TPSA) is 105 Å². The summed E-state index contributed by atoms with van der Waals surface area (Å²) in [6.07, 6.45) is 9.29. The number of aliphatic carboxylic acids is 1. The molecule has 0 radical (unpaired) electrons. The first-order valence-corrected chi connectivity index (χ1v) is 15.3. The standard InChI is InChI=1S/C29H29Cl3N4O4S/c1-41-24-7-5-19(26(31)27(24)32)6-8-25(37)36-11-9-20(10-12-36)28(38)34-23(29(39)40)14-22-16-35(17-33-22)15-18-3-2-4-21(30)13-18/h2-8,13,16-17,20,23H,9-12,14-15H2,1H3,(H,34,38)(H,39,40)/b8-6+/t23-/m0/s1. The summed E-state index contributed by atoms with van der Waals surface area (Å²) in [6.45, 7) is 1.30. The summed E-state index contributed by atoms with van der Waals surface area (Å²) in [5, 5.41) is 13.9. The first kappa shape index (κ1) is 31.0. The van der Waals surface area contributed by atoms with Gasteiger partial charge in [0.15, 0.2) is 0 Å². The molecule has 0 saturated carbocycles. The van der Waals surface area contributed by atoms with Crippen LogP contribution in [0.4, 0.5) is 0 Å². The zero-order valence-electron chi connectivity index (χ0n) is 22.2. The largest absolute Gasteiger partial charge is 0.480 e. The smallest absolute Gasteiger partial charge is 0.326 e. The predicted molar refractivity (Wildman–Crippen MR) is 163 cm³/mol. The van der Waals surface area contributed by atoms with E-state index < -0.39 is 17.9 Å². The van der Waals surface area contributed by atoms with Crippen molar-refractivity contribution in [2.24, 2.45) is 5.92 Å². The van der Waals surface area contributed by atoms with E-state index in [1.807, 2.05) is 41.2 Å². The number of thioether (sulfide) groups is 1. The SMILES string of the molecule is CSc1ccc(/C=C/C(=O)N2CCC(C(=O)N[C@@H](Cc3cn(Cc4cccc(Cl)c4)cn3)C(=O)O)CC2)c(Cl)c1Cl. The number of rotatable bonds is 10. The Labute approximate surface area is 257 Å². The van der Waals surface area contributed by atoms with Gasteiger partial charge in [-0.3, -0.25) is 9.59 Å². The molecule has 1 atom stereocenters. The van der Waals surface area contributed by atoms with E-state index in [1.165, 1.54) is 17.8 Å². The molecular formula is C29H29Cl3N4O4S. The quantitative estimate of drug-likeness (QED) is 0.220. The fraction of sp³-hybridized carbons (Fsp3) is 0.310. The summed E-state index contributed by atoms with van der Waals surface area (Å²) in [5.74, 6) is -2.06. The number of imidazole rings is 1. The number of hydrogen-bond donors (Lipinski definition) is 2. The maximum absolute atomic E-state index is 12.9. The molecule has 12 heteroatoms. The Morgan fingerprint density at radius 1 is 1.15 bits per heavy atom. The number of nitrogens with zero attached hydrogens (tertiary/aromatic N) is 3. The van der Waals surface area contributed by atoms with Crippen LogP contribution in [0.25, 0.3) is 6.08 Å². The number of nitrogens with one attached hydrogen (secondary N) is 1. The van der Waals surface area contributed by atoms with Crippen LogP contribution in [0.1, 0.15) is 29.7 Å². The second-order valence-electron chi connectivity index (χ2n) is 9.69. The van der Waals surface area contributed by atoms with Crippen molar-refractivity contribution >= 4 is 70.4 Å². The Hall–Kier alpha value is -2.98. The molecule has 0 bridgehead atoms. The third kappa shape index (κ3) is 8.29. The number of piperidine rings is 1. The molecule has 2 heterocycles. The molecule has 216 valence electrons. The summed E-state index contributed by atoms with van der Waals surface area (Å²) in [4.78, 5) is 44.4. The zero-order chi connectivity index (χ0) is 29.5. The number of benzene rings is 2. The van der Waals surface area contributed by atoms with Crippen molar-refractivity contribution in [1.29, 1.82) is 0 Å². The summed E-state index contributed by atoms with van der Waals surface area (Å²) < 4.78 is 1.84. The van der Waals surface area contributed by atoms with E-state index in [2.05, 4.69) is 10.3 Å². The van der Waals surface area contributed by atoms with Crippen molar-refractivity contribution in [3.05, 3.63) is 86.9 Å². The second kappa shape index (κ2) is 14.3. The highest BCUT2D eigenvalue weighted by Gasteiger charge is 2.30. The number of carboxylic acids is 1. The van der Waals surface area contributed by atoms with Crippen LogP contribution in [0.15, 0.2) is 59.9 Å². The van der Waals surface area contributed by atoms with Gasteiger partial charge in [0.25, 0.3) is 0 Å². The molecule has 1 aliphatic heterocycles. The monoisotopic (exact) mass is 634 g/mol. The van der Waals surface area contributed by atoms with Crippen molar-refractivity contribution in [1.82, 2.24) is 19.8 Å². The molecule has 41 heavy (non-hydrogen) atoms. The van der Waals surface area contributed by atoms with Crippen molar-refractivity contribution in [2.45, 2.75) is 36.7 Å². The van der Waals surface area contributed by atoms with Gasteiger partial charge >= 0.3 is 5.97 Å². The van der Waals surface area contributed by atoms with E-state index in [1.54, 1.807) is 29.6 Å². The van der Waals surface area contributed by atoms with E-state index >= 15 is 0 Å². The summed E-state index contributed by atoms with van der Waals surface area (Å²) in [5.41, 5.74) is 2.19. The van der Waals surface area contributed by atoms with Gasteiger partial charge in [-0.2, -0.15) is 0 Å². The van der Waals surface area contributed by atoms with Crippen molar-refractivity contribution < 1.29 is 19.5 Å². The number of hydrogen-bond acceptors (Lipinski definition) is 5. The average molecular weight is 636 g/mol. The van der Waals surface area contributed by atoms with Gasteiger partial charge in [-0.25, -0.2) is 9.78 Å². The van der Waals surface area contributed by atoms with Gasteiger partial charge < -0.3 is 19.9 Å². The third-order valence-corrected chi connectivity index (χ3v) is 8.87. The van der Waals surface area contributed by atoms with Gasteiger partial charge in [0.1, 0.15) is 6.04 Å². The average Bonchev–Trinajstić information content (AvgIpc) is 3.39. The molecular weight excluding hydrogens is 607 g/mol.